The van der Waals surface area contributed by atoms with Crippen molar-refractivity contribution in [3.05, 3.63) is 72.3 Å². The first-order valence-electron chi connectivity index (χ1n) is 6.15. The molecule has 3 rings (SSSR count). The summed E-state index contributed by atoms with van der Waals surface area (Å²) in [5.74, 6) is 0. The lowest BCUT2D eigenvalue weighted by Gasteiger charge is -2.06. The molecule has 0 heterocycles. The molecular weight excluding hydrogens is 218 g/mol. The Morgan fingerprint density at radius 2 is 1.44 bits per heavy atom. The summed E-state index contributed by atoms with van der Waals surface area (Å²) in [7, 11) is 0. The van der Waals surface area contributed by atoms with Gasteiger partial charge in [0.2, 0.25) is 0 Å². The third kappa shape index (κ3) is 2.01. The van der Waals surface area contributed by atoms with Crippen molar-refractivity contribution < 1.29 is 0 Å². The molecule has 0 fully saturated rings. The quantitative estimate of drug-likeness (QED) is 0.712. The molecule has 0 atom stereocenters. The number of hydrogen-bond donors (Lipinski definition) is 1. The van der Waals surface area contributed by atoms with E-state index in [1.54, 1.807) is 0 Å². The zero-order chi connectivity index (χ0) is 12.4. The molecule has 0 aromatic heterocycles. The van der Waals surface area contributed by atoms with Crippen molar-refractivity contribution in [3.8, 4) is 11.1 Å². The summed E-state index contributed by atoms with van der Waals surface area (Å²) in [6.45, 7) is 0.585. The third-order valence-electron chi connectivity index (χ3n) is 3.25. The van der Waals surface area contributed by atoms with Crippen LogP contribution in [0.2, 0.25) is 0 Å². The van der Waals surface area contributed by atoms with Gasteiger partial charge in [0.05, 0.1) is 0 Å². The standard InChI is InChI=1S/C17H15N/c18-12-13-4-3-7-15(10-13)17-9-8-14-5-1-2-6-16(14)11-17/h1-11H,12,18H2. The van der Waals surface area contributed by atoms with E-state index < -0.39 is 0 Å². The second-order valence-electron chi connectivity index (χ2n) is 4.47. The zero-order valence-electron chi connectivity index (χ0n) is 10.1. The lowest BCUT2D eigenvalue weighted by molar-refractivity contribution is 1.07. The summed E-state index contributed by atoms with van der Waals surface area (Å²) in [6.07, 6.45) is 0. The molecule has 0 amide bonds. The number of benzene rings is 3. The third-order valence-corrected chi connectivity index (χ3v) is 3.25. The van der Waals surface area contributed by atoms with Crippen molar-refractivity contribution in [2.75, 3.05) is 0 Å². The van der Waals surface area contributed by atoms with Crippen LogP contribution in [0.15, 0.2) is 66.7 Å². The largest absolute Gasteiger partial charge is 0.326 e. The Balaban J connectivity index is 2.13. The maximum absolute atomic E-state index is 5.69. The molecule has 0 spiro atoms. The van der Waals surface area contributed by atoms with E-state index in [1.807, 2.05) is 0 Å². The van der Waals surface area contributed by atoms with E-state index in [2.05, 4.69) is 66.7 Å². The van der Waals surface area contributed by atoms with Crippen molar-refractivity contribution in [1.29, 1.82) is 0 Å². The monoisotopic (exact) mass is 233 g/mol. The zero-order valence-corrected chi connectivity index (χ0v) is 10.1. The maximum Gasteiger partial charge on any atom is 0.0178 e. The van der Waals surface area contributed by atoms with E-state index >= 15 is 0 Å². The van der Waals surface area contributed by atoms with E-state index in [1.165, 1.54) is 27.5 Å². The van der Waals surface area contributed by atoms with Crippen LogP contribution in [0.4, 0.5) is 0 Å². The average molecular weight is 233 g/mol. The lowest BCUT2D eigenvalue weighted by Crippen LogP contribution is -1.95. The van der Waals surface area contributed by atoms with Gasteiger partial charge in [0.1, 0.15) is 0 Å². The van der Waals surface area contributed by atoms with Gasteiger partial charge in [-0.15, -0.1) is 0 Å². The van der Waals surface area contributed by atoms with Crippen LogP contribution in [0, 0.1) is 0 Å². The normalized spacial score (nSPS) is 10.7. The summed E-state index contributed by atoms with van der Waals surface area (Å²) >= 11 is 0. The van der Waals surface area contributed by atoms with Gasteiger partial charge in [0.15, 0.2) is 0 Å². The van der Waals surface area contributed by atoms with Gasteiger partial charge >= 0.3 is 0 Å². The van der Waals surface area contributed by atoms with Crippen LogP contribution in [0.5, 0.6) is 0 Å². The molecule has 0 radical (unpaired) electrons. The fraction of sp³-hybridized carbons (Fsp3) is 0.0588. The van der Waals surface area contributed by atoms with Crippen molar-refractivity contribution in [3.63, 3.8) is 0 Å². The highest BCUT2D eigenvalue weighted by molar-refractivity contribution is 5.87. The smallest absolute Gasteiger partial charge is 0.0178 e. The van der Waals surface area contributed by atoms with Crippen molar-refractivity contribution in [1.82, 2.24) is 0 Å². The molecule has 2 N–H and O–H groups in total. The summed E-state index contributed by atoms with van der Waals surface area (Å²) in [4.78, 5) is 0. The molecular formula is C17H15N. The SMILES string of the molecule is NCc1cccc(-c2ccc3ccccc3c2)c1. The molecule has 1 nitrogen and oxygen atoms in total. The minimum Gasteiger partial charge on any atom is -0.326 e. The van der Waals surface area contributed by atoms with Crippen molar-refractivity contribution >= 4 is 10.8 Å². The highest BCUT2D eigenvalue weighted by atomic mass is 14.5. The summed E-state index contributed by atoms with van der Waals surface area (Å²) < 4.78 is 0. The minimum absolute atomic E-state index is 0.585. The number of nitrogens with two attached hydrogens (primary N) is 1. The molecule has 0 unspecified atom stereocenters. The van der Waals surface area contributed by atoms with Crippen LogP contribution >= 0.6 is 0 Å². The van der Waals surface area contributed by atoms with Gasteiger partial charge in [-0.05, 0) is 39.6 Å². The summed E-state index contributed by atoms with van der Waals surface area (Å²) in [5.41, 5.74) is 9.32. The molecule has 3 aromatic rings. The topological polar surface area (TPSA) is 26.0 Å². The fourth-order valence-corrected chi connectivity index (χ4v) is 2.25. The number of hydrogen-bond acceptors (Lipinski definition) is 1. The van der Waals surface area contributed by atoms with E-state index in [0.717, 1.165) is 0 Å². The molecule has 1 heteroatoms. The second kappa shape index (κ2) is 4.63. The number of fused-ring (bicyclic) bond motifs is 1. The Hall–Kier alpha value is -2.12. The van der Waals surface area contributed by atoms with Crippen molar-refractivity contribution in [2.24, 2.45) is 5.73 Å². The van der Waals surface area contributed by atoms with Gasteiger partial charge in [-0.2, -0.15) is 0 Å². The Morgan fingerprint density at radius 3 is 2.28 bits per heavy atom. The first-order chi connectivity index (χ1) is 8.86. The predicted molar refractivity (Wildman–Crippen MR) is 77.3 cm³/mol. The van der Waals surface area contributed by atoms with Crippen LogP contribution in [0.25, 0.3) is 21.9 Å². The van der Waals surface area contributed by atoms with Crippen LogP contribution in [0.1, 0.15) is 5.56 Å². The van der Waals surface area contributed by atoms with E-state index in [-0.39, 0.29) is 0 Å². The highest BCUT2D eigenvalue weighted by Gasteiger charge is 2.00. The molecule has 0 aliphatic carbocycles. The number of rotatable bonds is 2. The minimum atomic E-state index is 0.585. The van der Waals surface area contributed by atoms with Gasteiger partial charge in [-0.25, -0.2) is 0 Å². The molecule has 0 bridgehead atoms. The van der Waals surface area contributed by atoms with E-state index in [0.29, 0.717) is 6.54 Å². The Labute approximate surface area is 107 Å². The molecule has 3 aromatic carbocycles. The fourth-order valence-electron chi connectivity index (χ4n) is 2.25. The lowest BCUT2D eigenvalue weighted by atomic mass is 10.00. The molecule has 0 saturated heterocycles. The van der Waals surface area contributed by atoms with Gasteiger partial charge < -0.3 is 5.73 Å². The van der Waals surface area contributed by atoms with Gasteiger partial charge in [0, 0.05) is 6.54 Å². The molecule has 0 saturated carbocycles. The first kappa shape index (κ1) is 11.0. The van der Waals surface area contributed by atoms with Gasteiger partial charge in [0.25, 0.3) is 0 Å². The van der Waals surface area contributed by atoms with Crippen LogP contribution in [-0.2, 0) is 6.54 Å². The Bertz CT molecular complexity index is 686. The molecule has 18 heavy (non-hydrogen) atoms. The van der Waals surface area contributed by atoms with E-state index in [4.69, 9.17) is 5.73 Å². The van der Waals surface area contributed by atoms with Gasteiger partial charge in [-0.1, -0.05) is 54.6 Å². The van der Waals surface area contributed by atoms with Crippen LogP contribution < -0.4 is 5.73 Å². The van der Waals surface area contributed by atoms with Crippen molar-refractivity contribution in [2.45, 2.75) is 6.54 Å². The van der Waals surface area contributed by atoms with Gasteiger partial charge in [-0.3, -0.25) is 0 Å². The Morgan fingerprint density at radius 1 is 0.667 bits per heavy atom. The van der Waals surface area contributed by atoms with Crippen LogP contribution in [0.3, 0.4) is 0 Å². The highest BCUT2D eigenvalue weighted by Crippen LogP contribution is 2.24. The summed E-state index contributed by atoms with van der Waals surface area (Å²) in [5, 5.41) is 2.55. The van der Waals surface area contributed by atoms with Crippen LogP contribution in [-0.4, -0.2) is 0 Å². The average Bonchev–Trinajstić information content (AvgIpc) is 2.47. The summed E-state index contributed by atoms with van der Waals surface area (Å²) in [6, 6.07) is 23.4. The molecule has 88 valence electrons. The molecule has 0 aliphatic heterocycles. The Kier molecular flexibility index (Phi) is 2.83. The second-order valence-corrected chi connectivity index (χ2v) is 4.47. The first-order valence-corrected chi connectivity index (χ1v) is 6.15. The molecule has 0 aliphatic rings. The van der Waals surface area contributed by atoms with E-state index in [9.17, 15) is 0 Å². The maximum atomic E-state index is 5.69. The predicted octanol–water partition coefficient (Wildman–Crippen LogP) is 3.97.